The van der Waals surface area contributed by atoms with Crippen LogP contribution in [0.3, 0.4) is 0 Å². The monoisotopic (exact) mass is 431 g/mol. The van der Waals surface area contributed by atoms with Crippen molar-refractivity contribution in [1.82, 2.24) is 15.2 Å². The van der Waals surface area contributed by atoms with E-state index in [1.54, 1.807) is 13.1 Å². The second-order valence-corrected chi connectivity index (χ2v) is 8.90. The SMILES string of the molecule is Cc1ccc(C(=O)NCC(=O)OC(C)C(=O)N(C)Cc2nc3ccccc3s2)s1. The van der Waals surface area contributed by atoms with Gasteiger partial charge in [0.1, 0.15) is 11.6 Å². The minimum Gasteiger partial charge on any atom is -0.451 e. The lowest BCUT2D eigenvalue weighted by Crippen LogP contribution is -2.39. The molecule has 1 aromatic carbocycles. The Morgan fingerprint density at radius 3 is 2.62 bits per heavy atom. The van der Waals surface area contributed by atoms with Gasteiger partial charge in [-0.1, -0.05) is 12.1 Å². The Labute approximate surface area is 176 Å². The first-order valence-electron chi connectivity index (χ1n) is 8.97. The van der Waals surface area contributed by atoms with Gasteiger partial charge in [0.2, 0.25) is 0 Å². The zero-order chi connectivity index (χ0) is 21.0. The predicted octanol–water partition coefficient (Wildman–Crippen LogP) is 2.99. The Kier molecular flexibility index (Phi) is 6.60. The minimum absolute atomic E-state index is 0.297. The molecular formula is C20H21N3O4S2. The molecule has 152 valence electrons. The number of hydrogen-bond acceptors (Lipinski definition) is 7. The molecular weight excluding hydrogens is 410 g/mol. The lowest BCUT2D eigenvalue weighted by Gasteiger charge is -2.20. The molecule has 2 heterocycles. The summed E-state index contributed by atoms with van der Waals surface area (Å²) in [4.78, 5) is 44.0. The summed E-state index contributed by atoms with van der Waals surface area (Å²) in [6.45, 7) is 3.44. The number of benzene rings is 1. The van der Waals surface area contributed by atoms with Crippen molar-refractivity contribution in [3.05, 3.63) is 51.2 Å². The third kappa shape index (κ3) is 5.39. The summed E-state index contributed by atoms with van der Waals surface area (Å²) in [6.07, 6.45) is -0.956. The van der Waals surface area contributed by atoms with Crippen LogP contribution in [0.4, 0.5) is 0 Å². The molecule has 0 aliphatic carbocycles. The smallest absolute Gasteiger partial charge is 0.326 e. The lowest BCUT2D eigenvalue weighted by molar-refractivity contribution is -0.157. The molecule has 29 heavy (non-hydrogen) atoms. The van der Waals surface area contributed by atoms with Crippen molar-refractivity contribution in [2.45, 2.75) is 26.5 Å². The van der Waals surface area contributed by atoms with E-state index in [2.05, 4.69) is 10.3 Å². The van der Waals surface area contributed by atoms with Gasteiger partial charge in [-0.05, 0) is 38.1 Å². The van der Waals surface area contributed by atoms with Crippen LogP contribution >= 0.6 is 22.7 Å². The quantitative estimate of drug-likeness (QED) is 0.581. The largest absolute Gasteiger partial charge is 0.451 e. The fourth-order valence-corrected chi connectivity index (χ4v) is 4.47. The van der Waals surface area contributed by atoms with Crippen LogP contribution in [0.25, 0.3) is 10.2 Å². The number of aryl methyl sites for hydroxylation is 1. The number of hydrogen-bond donors (Lipinski definition) is 1. The average Bonchev–Trinajstić information content (AvgIpc) is 3.30. The maximum absolute atomic E-state index is 12.5. The first-order chi connectivity index (χ1) is 13.8. The van der Waals surface area contributed by atoms with E-state index in [1.807, 2.05) is 37.3 Å². The zero-order valence-electron chi connectivity index (χ0n) is 16.3. The second-order valence-electron chi connectivity index (χ2n) is 6.49. The van der Waals surface area contributed by atoms with Crippen LogP contribution in [0, 0.1) is 6.92 Å². The maximum Gasteiger partial charge on any atom is 0.326 e. The average molecular weight is 432 g/mol. The Balaban J connectivity index is 1.48. The van der Waals surface area contributed by atoms with Gasteiger partial charge in [-0.15, -0.1) is 22.7 Å². The highest BCUT2D eigenvalue weighted by Crippen LogP contribution is 2.22. The lowest BCUT2D eigenvalue weighted by atomic mass is 10.3. The van der Waals surface area contributed by atoms with Crippen LogP contribution in [-0.2, 0) is 20.9 Å². The number of esters is 1. The topological polar surface area (TPSA) is 88.6 Å². The maximum atomic E-state index is 12.5. The predicted molar refractivity (Wildman–Crippen MR) is 113 cm³/mol. The molecule has 2 amide bonds. The highest BCUT2D eigenvalue weighted by Gasteiger charge is 2.23. The van der Waals surface area contributed by atoms with Crippen molar-refractivity contribution in [2.24, 2.45) is 0 Å². The van der Waals surface area contributed by atoms with Gasteiger partial charge in [-0.25, -0.2) is 4.98 Å². The Bertz CT molecular complexity index is 1010. The number of thiophene rings is 1. The molecule has 0 spiro atoms. The van der Waals surface area contributed by atoms with Gasteiger partial charge < -0.3 is 15.0 Å². The van der Waals surface area contributed by atoms with Crippen molar-refractivity contribution >= 4 is 50.7 Å². The number of ether oxygens (including phenoxy) is 1. The fraction of sp³-hybridized carbons (Fsp3) is 0.300. The molecule has 1 unspecified atom stereocenters. The van der Waals surface area contributed by atoms with Crippen LogP contribution < -0.4 is 5.32 Å². The van der Waals surface area contributed by atoms with E-state index in [4.69, 9.17) is 4.74 Å². The summed E-state index contributed by atoms with van der Waals surface area (Å²) in [7, 11) is 1.64. The first kappa shape index (κ1) is 20.9. The van der Waals surface area contributed by atoms with Crippen LogP contribution in [0.2, 0.25) is 0 Å². The van der Waals surface area contributed by atoms with Crippen molar-refractivity contribution in [3.63, 3.8) is 0 Å². The van der Waals surface area contributed by atoms with Gasteiger partial charge in [-0.2, -0.15) is 0 Å². The summed E-state index contributed by atoms with van der Waals surface area (Å²) in [5.74, 6) is -1.34. The summed E-state index contributed by atoms with van der Waals surface area (Å²) < 4.78 is 6.22. The Hall–Kier alpha value is -2.78. The molecule has 0 aliphatic rings. The van der Waals surface area contributed by atoms with Gasteiger partial charge >= 0.3 is 5.97 Å². The molecule has 0 saturated heterocycles. The number of carbonyl (C=O) groups excluding carboxylic acids is 3. The number of carbonyl (C=O) groups is 3. The normalized spacial score (nSPS) is 11.8. The molecule has 7 nitrogen and oxygen atoms in total. The van der Waals surface area contributed by atoms with E-state index in [0.717, 1.165) is 20.1 Å². The number of fused-ring (bicyclic) bond motifs is 1. The fourth-order valence-electron chi connectivity index (χ4n) is 2.66. The number of aromatic nitrogens is 1. The third-order valence-electron chi connectivity index (χ3n) is 4.10. The number of thiazole rings is 1. The van der Waals surface area contributed by atoms with Gasteiger partial charge in [0, 0.05) is 11.9 Å². The number of rotatable bonds is 7. The Morgan fingerprint density at radius 1 is 1.17 bits per heavy atom. The highest BCUT2D eigenvalue weighted by molar-refractivity contribution is 7.18. The van der Waals surface area contributed by atoms with Gasteiger partial charge in [0.25, 0.3) is 11.8 Å². The second kappa shape index (κ2) is 9.15. The molecule has 0 bridgehead atoms. The molecule has 3 rings (SSSR count). The number of nitrogens with one attached hydrogen (secondary N) is 1. The minimum atomic E-state index is -0.956. The standard InChI is InChI=1S/C20H21N3O4S2/c1-12-8-9-16(28-12)19(25)21-10-18(24)27-13(2)20(26)23(3)11-17-22-14-6-4-5-7-15(14)29-17/h4-9,13H,10-11H2,1-3H3,(H,21,25). The van der Waals surface area contributed by atoms with Crippen LogP contribution in [0.5, 0.6) is 0 Å². The van der Waals surface area contributed by atoms with Crippen molar-refractivity contribution in [2.75, 3.05) is 13.6 Å². The Morgan fingerprint density at radius 2 is 1.93 bits per heavy atom. The highest BCUT2D eigenvalue weighted by atomic mass is 32.1. The van der Waals surface area contributed by atoms with Crippen LogP contribution in [0.15, 0.2) is 36.4 Å². The summed E-state index contributed by atoms with van der Waals surface area (Å²) in [6, 6.07) is 11.3. The molecule has 0 saturated carbocycles. The van der Waals surface area contributed by atoms with E-state index in [-0.39, 0.29) is 18.4 Å². The molecule has 3 aromatic rings. The molecule has 1 N–H and O–H groups in total. The number of nitrogens with zero attached hydrogens (tertiary/aromatic N) is 2. The zero-order valence-corrected chi connectivity index (χ0v) is 17.9. The van der Waals surface area contributed by atoms with E-state index < -0.39 is 12.1 Å². The third-order valence-corrected chi connectivity index (χ3v) is 6.12. The van der Waals surface area contributed by atoms with Crippen molar-refractivity contribution < 1.29 is 19.1 Å². The van der Waals surface area contributed by atoms with Gasteiger partial charge in [0.05, 0.1) is 21.6 Å². The van der Waals surface area contributed by atoms with E-state index >= 15 is 0 Å². The summed E-state index contributed by atoms with van der Waals surface area (Å²) in [5, 5.41) is 3.31. The molecule has 1 atom stereocenters. The van der Waals surface area contributed by atoms with Gasteiger partial charge in [-0.3, -0.25) is 14.4 Å². The van der Waals surface area contributed by atoms with E-state index in [9.17, 15) is 14.4 Å². The van der Waals surface area contributed by atoms with Crippen LogP contribution in [0.1, 0.15) is 26.5 Å². The number of para-hydroxylation sites is 1. The summed E-state index contributed by atoms with van der Waals surface area (Å²) in [5.41, 5.74) is 0.893. The summed E-state index contributed by atoms with van der Waals surface area (Å²) >= 11 is 2.86. The van der Waals surface area contributed by atoms with E-state index in [0.29, 0.717) is 11.4 Å². The number of likely N-dealkylation sites (N-methyl/N-ethyl adjacent to an activating group) is 1. The van der Waals surface area contributed by atoms with Crippen molar-refractivity contribution in [3.8, 4) is 0 Å². The van der Waals surface area contributed by atoms with E-state index in [1.165, 1.54) is 34.5 Å². The van der Waals surface area contributed by atoms with Crippen molar-refractivity contribution in [1.29, 1.82) is 0 Å². The van der Waals surface area contributed by atoms with Gasteiger partial charge in [0.15, 0.2) is 6.10 Å². The molecule has 2 aromatic heterocycles. The molecule has 0 fully saturated rings. The molecule has 0 radical (unpaired) electrons. The molecule has 0 aliphatic heterocycles. The molecule has 9 heteroatoms. The first-order valence-corrected chi connectivity index (χ1v) is 10.6. The van der Waals surface area contributed by atoms with Crippen LogP contribution in [-0.4, -0.2) is 47.4 Å². The number of amides is 2.